The normalized spacial score (nSPS) is 11.7. The average Bonchev–Trinajstić information content (AvgIpc) is 2.81. The Labute approximate surface area is 191 Å². The molecule has 0 spiro atoms. The van der Waals surface area contributed by atoms with Gasteiger partial charge in [0.15, 0.2) is 6.61 Å². The van der Waals surface area contributed by atoms with Crippen molar-refractivity contribution in [1.29, 1.82) is 0 Å². The number of hydrogen-bond acceptors (Lipinski definition) is 4. The molecule has 0 bridgehead atoms. The van der Waals surface area contributed by atoms with E-state index in [9.17, 15) is 9.59 Å². The molecule has 0 aliphatic heterocycles. The van der Waals surface area contributed by atoms with E-state index in [2.05, 4.69) is 19.2 Å². The topological polar surface area (TPSA) is 67.9 Å². The van der Waals surface area contributed by atoms with Crippen LogP contribution in [0.5, 0.6) is 11.5 Å². The van der Waals surface area contributed by atoms with Crippen molar-refractivity contribution >= 4 is 11.8 Å². The first kappa shape index (κ1) is 25.2. The van der Waals surface area contributed by atoms with Gasteiger partial charge in [0.2, 0.25) is 5.91 Å². The van der Waals surface area contributed by atoms with E-state index in [1.807, 2.05) is 62.4 Å². The minimum atomic E-state index is -0.577. The largest absolute Gasteiger partial charge is 0.497 e. The second-order valence-electron chi connectivity index (χ2n) is 8.10. The van der Waals surface area contributed by atoms with Crippen molar-refractivity contribution in [2.45, 2.75) is 59.0 Å². The van der Waals surface area contributed by atoms with E-state index in [0.717, 1.165) is 12.0 Å². The third kappa shape index (κ3) is 7.29. The SMILES string of the molecule is CCCNC(=O)C(CC)N(Cc1cccc(OC)c1)C(=O)COc1ccc(C(C)C)cc1. The second-order valence-corrected chi connectivity index (χ2v) is 8.10. The van der Waals surface area contributed by atoms with Crippen LogP contribution in [0.3, 0.4) is 0 Å². The maximum atomic E-state index is 13.2. The van der Waals surface area contributed by atoms with E-state index in [0.29, 0.717) is 36.9 Å². The molecular weight excluding hydrogens is 404 g/mol. The first-order valence-electron chi connectivity index (χ1n) is 11.3. The van der Waals surface area contributed by atoms with Gasteiger partial charge in [-0.2, -0.15) is 0 Å². The fraction of sp³-hybridized carbons (Fsp3) is 0.462. The van der Waals surface area contributed by atoms with Crippen LogP contribution in [-0.4, -0.2) is 43.0 Å². The fourth-order valence-electron chi connectivity index (χ4n) is 3.43. The molecule has 174 valence electrons. The lowest BCUT2D eigenvalue weighted by Crippen LogP contribution is -2.50. The van der Waals surface area contributed by atoms with Gasteiger partial charge in [-0.05, 0) is 54.2 Å². The molecule has 0 aliphatic rings. The van der Waals surface area contributed by atoms with Gasteiger partial charge in [0.1, 0.15) is 17.5 Å². The number of rotatable bonds is 12. The summed E-state index contributed by atoms with van der Waals surface area (Å²) in [5.74, 6) is 1.38. The molecular formula is C26H36N2O4. The minimum Gasteiger partial charge on any atom is -0.497 e. The predicted octanol–water partition coefficient (Wildman–Crippen LogP) is 4.53. The predicted molar refractivity (Wildman–Crippen MR) is 127 cm³/mol. The molecule has 2 amide bonds. The zero-order valence-electron chi connectivity index (χ0n) is 19.9. The molecule has 1 N–H and O–H groups in total. The molecule has 2 aromatic carbocycles. The van der Waals surface area contributed by atoms with Crippen LogP contribution < -0.4 is 14.8 Å². The zero-order valence-corrected chi connectivity index (χ0v) is 19.9. The van der Waals surface area contributed by atoms with Gasteiger partial charge < -0.3 is 19.7 Å². The summed E-state index contributed by atoms with van der Waals surface area (Å²) in [7, 11) is 1.60. The van der Waals surface area contributed by atoms with Crippen LogP contribution in [0.25, 0.3) is 0 Å². The summed E-state index contributed by atoms with van der Waals surface area (Å²) in [6.45, 7) is 8.91. The summed E-state index contributed by atoms with van der Waals surface area (Å²) in [5.41, 5.74) is 2.10. The van der Waals surface area contributed by atoms with Gasteiger partial charge in [-0.15, -0.1) is 0 Å². The maximum absolute atomic E-state index is 13.2. The number of amides is 2. The Balaban J connectivity index is 2.18. The van der Waals surface area contributed by atoms with Crippen molar-refractivity contribution in [2.24, 2.45) is 0 Å². The lowest BCUT2D eigenvalue weighted by molar-refractivity contribution is -0.143. The van der Waals surface area contributed by atoms with E-state index in [-0.39, 0.29) is 18.4 Å². The molecule has 1 unspecified atom stereocenters. The molecule has 0 saturated heterocycles. The van der Waals surface area contributed by atoms with Crippen LogP contribution >= 0.6 is 0 Å². The smallest absolute Gasteiger partial charge is 0.261 e. The standard InChI is InChI=1S/C26H36N2O4/c1-6-15-27-26(30)24(7-2)28(17-20-9-8-10-23(16-20)31-5)25(29)18-32-22-13-11-21(12-14-22)19(3)4/h8-14,16,19,24H,6-7,15,17-18H2,1-5H3,(H,27,30). The summed E-state index contributed by atoms with van der Waals surface area (Å²) in [4.78, 5) is 27.6. The molecule has 2 aromatic rings. The Morgan fingerprint density at radius 2 is 1.75 bits per heavy atom. The Kier molecular flexibility index (Phi) is 10.1. The van der Waals surface area contributed by atoms with Gasteiger partial charge in [0, 0.05) is 13.1 Å². The molecule has 2 rings (SSSR count). The van der Waals surface area contributed by atoms with Crippen LogP contribution in [0, 0.1) is 0 Å². The van der Waals surface area contributed by atoms with E-state index in [4.69, 9.17) is 9.47 Å². The maximum Gasteiger partial charge on any atom is 0.261 e. The number of nitrogens with one attached hydrogen (secondary N) is 1. The summed E-state index contributed by atoms with van der Waals surface area (Å²) in [6.07, 6.45) is 1.34. The quantitative estimate of drug-likeness (QED) is 0.526. The second kappa shape index (κ2) is 12.7. The lowest BCUT2D eigenvalue weighted by Gasteiger charge is -2.30. The van der Waals surface area contributed by atoms with Crippen molar-refractivity contribution in [3.05, 3.63) is 59.7 Å². The molecule has 0 fully saturated rings. The van der Waals surface area contributed by atoms with Gasteiger partial charge in [-0.25, -0.2) is 0 Å². The third-order valence-corrected chi connectivity index (χ3v) is 5.33. The van der Waals surface area contributed by atoms with Crippen molar-refractivity contribution in [1.82, 2.24) is 10.2 Å². The van der Waals surface area contributed by atoms with Crippen molar-refractivity contribution < 1.29 is 19.1 Å². The number of ether oxygens (including phenoxy) is 2. The van der Waals surface area contributed by atoms with Crippen molar-refractivity contribution in [3.63, 3.8) is 0 Å². The highest BCUT2D eigenvalue weighted by atomic mass is 16.5. The fourth-order valence-corrected chi connectivity index (χ4v) is 3.43. The number of carbonyl (C=O) groups excluding carboxylic acids is 2. The van der Waals surface area contributed by atoms with Gasteiger partial charge in [-0.1, -0.05) is 52.0 Å². The first-order chi connectivity index (χ1) is 15.4. The monoisotopic (exact) mass is 440 g/mol. The van der Waals surface area contributed by atoms with Gasteiger partial charge in [0.05, 0.1) is 7.11 Å². The van der Waals surface area contributed by atoms with Crippen molar-refractivity contribution in [2.75, 3.05) is 20.3 Å². The van der Waals surface area contributed by atoms with Crippen LogP contribution in [-0.2, 0) is 16.1 Å². The average molecular weight is 441 g/mol. The Bertz CT molecular complexity index is 864. The Morgan fingerprint density at radius 1 is 1.03 bits per heavy atom. The Hall–Kier alpha value is -3.02. The van der Waals surface area contributed by atoms with Gasteiger partial charge in [0.25, 0.3) is 5.91 Å². The summed E-state index contributed by atoms with van der Waals surface area (Å²) in [6, 6.07) is 14.7. The number of nitrogens with zero attached hydrogens (tertiary/aromatic N) is 1. The Morgan fingerprint density at radius 3 is 2.34 bits per heavy atom. The summed E-state index contributed by atoms with van der Waals surface area (Å²) >= 11 is 0. The lowest BCUT2D eigenvalue weighted by atomic mass is 10.0. The molecule has 1 atom stereocenters. The summed E-state index contributed by atoms with van der Waals surface area (Å²) in [5, 5.41) is 2.92. The number of hydrogen-bond donors (Lipinski definition) is 1. The highest BCUT2D eigenvalue weighted by Gasteiger charge is 2.28. The minimum absolute atomic E-state index is 0.136. The molecule has 0 saturated carbocycles. The number of benzene rings is 2. The zero-order chi connectivity index (χ0) is 23.5. The van der Waals surface area contributed by atoms with E-state index in [1.165, 1.54) is 5.56 Å². The molecule has 0 heterocycles. The summed E-state index contributed by atoms with van der Waals surface area (Å²) < 4.78 is 11.1. The number of carbonyl (C=O) groups is 2. The van der Waals surface area contributed by atoms with E-state index in [1.54, 1.807) is 12.0 Å². The molecule has 32 heavy (non-hydrogen) atoms. The van der Waals surface area contributed by atoms with Crippen molar-refractivity contribution in [3.8, 4) is 11.5 Å². The van der Waals surface area contributed by atoms with Crippen LogP contribution in [0.15, 0.2) is 48.5 Å². The third-order valence-electron chi connectivity index (χ3n) is 5.33. The van der Waals surface area contributed by atoms with Crippen LogP contribution in [0.1, 0.15) is 57.6 Å². The molecule has 0 radical (unpaired) electrons. The molecule has 6 nitrogen and oxygen atoms in total. The molecule has 6 heteroatoms. The van der Waals surface area contributed by atoms with Crippen LogP contribution in [0.4, 0.5) is 0 Å². The molecule has 0 aromatic heterocycles. The first-order valence-corrected chi connectivity index (χ1v) is 11.3. The van der Waals surface area contributed by atoms with Crippen LogP contribution in [0.2, 0.25) is 0 Å². The molecule has 0 aliphatic carbocycles. The van der Waals surface area contributed by atoms with E-state index >= 15 is 0 Å². The highest BCUT2D eigenvalue weighted by molar-refractivity contribution is 5.88. The van der Waals surface area contributed by atoms with E-state index < -0.39 is 6.04 Å². The number of methoxy groups -OCH3 is 1. The van der Waals surface area contributed by atoms with Gasteiger partial charge >= 0.3 is 0 Å². The van der Waals surface area contributed by atoms with Gasteiger partial charge in [-0.3, -0.25) is 9.59 Å². The highest BCUT2D eigenvalue weighted by Crippen LogP contribution is 2.20.